The number of likely N-dealkylation sites (N-methyl/N-ethyl adjacent to an activating group) is 1. The number of aromatic nitrogens is 1. The smallest absolute Gasteiger partial charge is 0.272 e. The summed E-state index contributed by atoms with van der Waals surface area (Å²) in [4.78, 5) is 19.0. The highest BCUT2D eigenvalue weighted by Crippen LogP contribution is 2.21. The second kappa shape index (κ2) is 7.25. The summed E-state index contributed by atoms with van der Waals surface area (Å²) < 4.78 is 16.6. The van der Waals surface area contributed by atoms with Crippen molar-refractivity contribution in [1.29, 1.82) is 0 Å². The number of ether oxygens (including phenoxy) is 3. The molecule has 0 saturated carbocycles. The first-order valence-corrected chi connectivity index (χ1v) is 7.92. The summed E-state index contributed by atoms with van der Waals surface area (Å²) in [6.07, 6.45) is -0.438. The van der Waals surface area contributed by atoms with E-state index in [-0.39, 0.29) is 24.2 Å². The first-order chi connectivity index (χ1) is 11.7. The van der Waals surface area contributed by atoms with Gasteiger partial charge in [-0.15, -0.1) is 0 Å². The van der Waals surface area contributed by atoms with E-state index in [1.54, 1.807) is 32.2 Å². The number of pyridine rings is 1. The van der Waals surface area contributed by atoms with Gasteiger partial charge in [0.25, 0.3) is 5.91 Å². The van der Waals surface area contributed by atoms with Crippen LogP contribution in [0.2, 0.25) is 0 Å². The van der Waals surface area contributed by atoms with Gasteiger partial charge in [-0.05, 0) is 12.1 Å². The maximum absolute atomic E-state index is 12.9. The lowest BCUT2D eigenvalue weighted by atomic mass is 10.0. The zero-order chi connectivity index (χ0) is 17.1. The Balaban J connectivity index is 1.84. The summed E-state index contributed by atoms with van der Waals surface area (Å²) in [5.74, 6) is -0.159. The van der Waals surface area contributed by atoms with Crippen LogP contribution in [-0.4, -0.2) is 68.5 Å². The predicted octanol–water partition coefficient (Wildman–Crippen LogP) is 1.74. The molecule has 0 radical (unpaired) electrons. The quantitative estimate of drug-likeness (QED) is 0.854. The van der Waals surface area contributed by atoms with Crippen LogP contribution in [0.15, 0.2) is 36.4 Å². The topological polar surface area (TPSA) is 60.9 Å². The van der Waals surface area contributed by atoms with Crippen molar-refractivity contribution in [2.75, 3.05) is 34.5 Å². The van der Waals surface area contributed by atoms with Gasteiger partial charge in [-0.1, -0.05) is 24.3 Å². The van der Waals surface area contributed by atoms with Crippen LogP contribution in [-0.2, 0) is 14.2 Å². The molecule has 3 atom stereocenters. The molecule has 128 valence electrons. The molecule has 1 aliphatic rings. The number of amides is 1. The fraction of sp³-hybridized carbons (Fsp3) is 0.444. The van der Waals surface area contributed by atoms with Crippen molar-refractivity contribution in [2.24, 2.45) is 0 Å². The molecule has 1 amide bonds. The molecule has 0 bridgehead atoms. The molecule has 1 aliphatic heterocycles. The van der Waals surface area contributed by atoms with E-state index in [2.05, 4.69) is 4.98 Å². The number of nitrogens with zero attached hydrogens (tertiary/aromatic N) is 2. The third-order valence-corrected chi connectivity index (χ3v) is 4.53. The fourth-order valence-corrected chi connectivity index (χ4v) is 3.10. The van der Waals surface area contributed by atoms with Gasteiger partial charge in [-0.3, -0.25) is 4.79 Å². The van der Waals surface area contributed by atoms with E-state index in [4.69, 9.17) is 14.2 Å². The first kappa shape index (κ1) is 16.8. The Labute approximate surface area is 141 Å². The molecule has 24 heavy (non-hydrogen) atoms. The van der Waals surface area contributed by atoms with Crippen molar-refractivity contribution in [3.63, 3.8) is 0 Å². The second-order valence-electron chi connectivity index (χ2n) is 5.88. The highest BCUT2D eigenvalue weighted by Gasteiger charge is 2.38. The van der Waals surface area contributed by atoms with E-state index in [1.165, 1.54) is 0 Å². The summed E-state index contributed by atoms with van der Waals surface area (Å²) in [7, 11) is 4.99. The highest BCUT2D eigenvalue weighted by atomic mass is 16.6. The molecule has 0 N–H and O–H groups in total. The Bertz CT molecular complexity index is 721. The molecule has 2 aromatic rings. The Kier molecular flexibility index (Phi) is 5.08. The molecule has 1 fully saturated rings. The van der Waals surface area contributed by atoms with Gasteiger partial charge in [0.05, 0.1) is 24.8 Å². The number of carbonyl (C=O) groups is 1. The molecule has 0 spiro atoms. The van der Waals surface area contributed by atoms with Crippen LogP contribution in [0, 0.1) is 0 Å². The number of methoxy groups -OCH3 is 2. The van der Waals surface area contributed by atoms with E-state index in [0.717, 1.165) is 10.9 Å². The lowest BCUT2D eigenvalue weighted by molar-refractivity contribution is -0.147. The van der Waals surface area contributed by atoms with E-state index < -0.39 is 0 Å². The van der Waals surface area contributed by atoms with E-state index in [9.17, 15) is 4.79 Å². The predicted molar refractivity (Wildman–Crippen MR) is 90.0 cm³/mol. The van der Waals surface area contributed by atoms with Crippen LogP contribution < -0.4 is 0 Å². The molecule has 3 rings (SSSR count). The van der Waals surface area contributed by atoms with Gasteiger partial charge in [-0.25, -0.2) is 4.98 Å². The molecule has 2 heterocycles. The van der Waals surface area contributed by atoms with Crippen LogP contribution in [0.5, 0.6) is 0 Å². The molecule has 0 unspecified atom stereocenters. The highest BCUT2D eigenvalue weighted by molar-refractivity contribution is 5.95. The van der Waals surface area contributed by atoms with Gasteiger partial charge in [-0.2, -0.15) is 0 Å². The van der Waals surface area contributed by atoms with Gasteiger partial charge in [0.15, 0.2) is 0 Å². The van der Waals surface area contributed by atoms with Crippen molar-refractivity contribution in [2.45, 2.75) is 18.2 Å². The monoisotopic (exact) mass is 330 g/mol. The van der Waals surface area contributed by atoms with Gasteiger partial charge in [0.2, 0.25) is 0 Å². The average Bonchev–Trinajstić information content (AvgIpc) is 2.65. The summed E-state index contributed by atoms with van der Waals surface area (Å²) in [6, 6.07) is 11.2. The number of carbonyl (C=O) groups excluding carboxylic acids is 1. The number of benzene rings is 1. The molecule has 0 aliphatic carbocycles. The lowest BCUT2D eigenvalue weighted by Crippen LogP contribution is -2.57. The van der Waals surface area contributed by atoms with Crippen molar-refractivity contribution >= 4 is 16.8 Å². The van der Waals surface area contributed by atoms with Gasteiger partial charge < -0.3 is 19.1 Å². The maximum Gasteiger partial charge on any atom is 0.272 e. The van der Waals surface area contributed by atoms with E-state index >= 15 is 0 Å². The SMILES string of the molecule is CO[C@H]1[C@H](N(C)C(=O)c2ccc3ccccc3n2)COC[C@H]1OC. The Hall–Kier alpha value is -2.02. The van der Waals surface area contributed by atoms with Crippen molar-refractivity contribution in [3.8, 4) is 0 Å². The Morgan fingerprint density at radius 3 is 2.71 bits per heavy atom. The third kappa shape index (κ3) is 3.13. The number of fused-ring (bicyclic) bond motifs is 1. The minimum absolute atomic E-state index is 0.159. The standard InChI is InChI=1S/C18H22N2O4/c1-20(15-10-24-11-16(22-2)17(15)23-3)18(21)14-9-8-12-6-4-5-7-13(12)19-14/h4-9,15-17H,10-11H2,1-3H3/t15-,16-,17+/m1/s1. The van der Waals surface area contributed by atoms with Crippen molar-refractivity contribution < 1.29 is 19.0 Å². The number of hydrogen-bond acceptors (Lipinski definition) is 5. The molecule has 1 aromatic carbocycles. The third-order valence-electron chi connectivity index (χ3n) is 4.53. The zero-order valence-corrected chi connectivity index (χ0v) is 14.1. The Morgan fingerprint density at radius 1 is 1.17 bits per heavy atom. The molecule has 6 heteroatoms. The van der Waals surface area contributed by atoms with Gasteiger partial charge in [0, 0.05) is 26.7 Å². The summed E-state index contributed by atoms with van der Waals surface area (Å²) in [5, 5.41) is 1.01. The summed E-state index contributed by atoms with van der Waals surface area (Å²) >= 11 is 0. The van der Waals surface area contributed by atoms with E-state index in [1.807, 2.05) is 30.3 Å². The zero-order valence-electron chi connectivity index (χ0n) is 14.1. The first-order valence-electron chi connectivity index (χ1n) is 7.92. The molecular formula is C18H22N2O4. The van der Waals surface area contributed by atoms with Crippen LogP contribution >= 0.6 is 0 Å². The Morgan fingerprint density at radius 2 is 1.96 bits per heavy atom. The lowest BCUT2D eigenvalue weighted by Gasteiger charge is -2.40. The summed E-state index contributed by atoms with van der Waals surface area (Å²) in [5.41, 5.74) is 1.21. The van der Waals surface area contributed by atoms with Crippen molar-refractivity contribution in [3.05, 3.63) is 42.1 Å². The minimum atomic E-state index is -0.238. The van der Waals surface area contributed by atoms with Gasteiger partial charge in [0.1, 0.15) is 17.9 Å². The summed E-state index contributed by atoms with van der Waals surface area (Å²) in [6.45, 7) is 0.871. The fourth-order valence-electron chi connectivity index (χ4n) is 3.10. The van der Waals surface area contributed by atoms with E-state index in [0.29, 0.717) is 18.9 Å². The van der Waals surface area contributed by atoms with Crippen LogP contribution in [0.1, 0.15) is 10.5 Å². The van der Waals surface area contributed by atoms with Crippen LogP contribution in [0.4, 0.5) is 0 Å². The molecular weight excluding hydrogens is 308 g/mol. The van der Waals surface area contributed by atoms with Crippen LogP contribution in [0.25, 0.3) is 10.9 Å². The number of rotatable bonds is 4. The number of hydrogen-bond donors (Lipinski definition) is 0. The minimum Gasteiger partial charge on any atom is -0.376 e. The maximum atomic E-state index is 12.9. The average molecular weight is 330 g/mol. The van der Waals surface area contributed by atoms with Gasteiger partial charge >= 0.3 is 0 Å². The molecule has 1 saturated heterocycles. The van der Waals surface area contributed by atoms with Crippen LogP contribution in [0.3, 0.4) is 0 Å². The van der Waals surface area contributed by atoms with Crippen molar-refractivity contribution in [1.82, 2.24) is 9.88 Å². The second-order valence-corrected chi connectivity index (χ2v) is 5.88. The molecule has 6 nitrogen and oxygen atoms in total. The molecule has 1 aromatic heterocycles. The normalized spacial score (nSPS) is 24.0. The number of para-hydroxylation sites is 1. The largest absolute Gasteiger partial charge is 0.376 e.